The Morgan fingerprint density at radius 3 is 2.88 bits per heavy atom. The summed E-state index contributed by atoms with van der Waals surface area (Å²) in [5.74, 6) is 1.35. The van der Waals surface area contributed by atoms with Crippen LogP contribution in [0.3, 0.4) is 0 Å². The van der Waals surface area contributed by atoms with E-state index in [0.717, 1.165) is 32.7 Å². The topological polar surface area (TPSA) is 44.4 Å². The van der Waals surface area contributed by atoms with Crippen molar-refractivity contribution in [2.24, 2.45) is 11.8 Å². The lowest BCUT2D eigenvalue weighted by atomic mass is 9.85. The van der Waals surface area contributed by atoms with E-state index in [2.05, 4.69) is 52.8 Å². The Morgan fingerprint density at radius 1 is 1.28 bits per heavy atom. The number of piperidine rings is 1. The molecule has 0 aromatic heterocycles. The highest BCUT2D eigenvalue weighted by Crippen LogP contribution is 2.23. The molecular weight excluding hydrogens is 310 g/mol. The summed E-state index contributed by atoms with van der Waals surface area (Å²) in [7, 11) is 0. The Bertz CT molecular complexity index is 527. The molecule has 1 amide bonds. The Kier molecular flexibility index (Phi) is 6.88. The molecule has 2 heterocycles. The SMILES string of the molecule is CC(CC(=O)NCC1CCCN1Cc1ccccc1)C1CCCNC1. The van der Waals surface area contributed by atoms with Crippen LogP contribution in [-0.4, -0.2) is 43.0 Å². The highest BCUT2D eigenvalue weighted by Gasteiger charge is 2.26. The van der Waals surface area contributed by atoms with Gasteiger partial charge in [0.05, 0.1) is 0 Å². The second-order valence-electron chi connectivity index (χ2n) is 7.84. The van der Waals surface area contributed by atoms with Crippen molar-refractivity contribution in [2.45, 2.75) is 51.6 Å². The first-order valence-electron chi connectivity index (χ1n) is 9.98. The third kappa shape index (κ3) is 5.55. The molecule has 0 saturated carbocycles. The molecular formula is C21H33N3O. The van der Waals surface area contributed by atoms with E-state index in [-0.39, 0.29) is 5.91 Å². The molecule has 0 bridgehead atoms. The summed E-state index contributed by atoms with van der Waals surface area (Å²) in [5, 5.41) is 6.67. The lowest BCUT2D eigenvalue weighted by Gasteiger charge is -2.28. The molecule has 0 spiro atoms. The summed E-state index contributed by atoms with van der Waals surface area (Å²) in [6.45, 7) is 7.36. The van der Waals surface area contributed by atoms with E-state index >= 15 is 0 Å². The molecule has 0 radical (unpaired) electrons. The fourth-order valence-corrected chi connectivity index (χ4v) is 4.28. The Morgan fingerprint density at radius 2 is 2.12 bits per heavy atom. The molecule has 2 aliphatic rings. The zero-order valence-corrected chi connectivity index (χ0v) is 15.5. The standard InChI is InChI=1S/C21H33N3O/c1-17(19-9-5-11-22-14-19)13-21(25)23-15-20-10-6-12-24(20)16-18-7-3-2-4-8-18/h2-4,7-8,17,19-20,22H,5-6,9-16H2,1H3,(H,23,25). The number of benzene rings is 1. The number of amides is 1. The van der Waals surface area contributed by atoms with E-state index < -0.39 is 0 Å². The summed E-state index contributed by atoms with van der Waals surface area (Å²) in [5.41, 5.74) is 1.36. The van der Waals surface area contributed by atoms with E-state index in [9.17, 15) is 4.79 Å². The van der Waals surface area contributed by atoms with Gasteiger partial charge in [-0.3, -0.25) is 9.69 Å². The van der Waals surface area contributed by atoms with Crippen LogP contribution in [0.25, 0.3) is 0 Å². The first kappa shape index (κ1) is 18.4. The Labute approximate surface area is 152 Å². The molecule has 3 unspecified atom stereocenters. The summed E-state index contributed by atoms with van der Waals surface area (Å²) in [4.78, 5) is 14.9. The van der Waals surface area contributed by atoms with Crippen molar-refractivity contribution < 1.29 is 4.79 Å². The Balaban J connectivity index is 1.41. The van der Waals surface area contributed by atoms with Crippen LogP contribution in [0.4, 0.5) is 0 Å². The quantitative estimate of drug-likeness (QED) is 0.800. The summed E-state index contributed by atoms with van der Waals surface area (Å²) in [6.07, 6.45) is 5.59. The monoisotopic (exact) mass is 343 g/mol. The number of nitrogens with zero attached hydrogens (tertiary/aromatic N) is 1. The summed E-state index contributed by atoms with van der Waals surface area (Å²) in [6, 6.07) is 11.1. The first-order chi connectivity index (χ1) is 12.2. The number of nitrogens with one attached hydrogen (secondary N) is 2. The second-order valence-corrected chi connectivity index (χ2v) is 7.84. The fraction of sp³-hybridized carbons (Fsp3) is 0.667. The minimum absolute atomic E-state index is 0.227. The molecule has 4 heteroatoms. The molecule has 3 atom stereocenters. The van der Waals surface area contributed by atoms with Crippen LogP contribution < -0.4 is 10.6 Å². The van der Waals surface area contributed by atoms with Gasteiger partial charge in [0, 0.05) is 25.6 Å². The highest BCUT2D eigenvalue weighted by atomic mass is 16.1. The van der Waals surface area contributed by atoms with Crippen molar-refractivity contribution in [3.05, 3.63) is 35.9 Å². The predicted molar refractivity (Wildman–Crippen MR) is 102 cm³/mol. The number of likely N-dealkylation sites (tertiary alicyclic amines) is 1. The molecule has 0 aliphatic carbocycles. The number of hydrogen-bond acceptors (Lipinski definition) is 3. The van der Waals surface area contributed by atoms with Crippen LogP contribution in [0.5, 0.6) is 0 Å². The molecule has 138 valence electrons. The molecule has 1 aromatic carbocycles. The van der Waals surface area contributed by atoms with Crippen molar-refractivity contribution in [3.63, 3.8) is 0 Å². The van der Waals surface area contributed by atoms with Crippen molar-refractivity contribution in [3.8, 4) is 0 Å². The molecule has 2 fully saturated rings. The van der Waals surface area contributed by atoms with Gasteiger partial charge >= 0.3 is 0 Å². The maximum Gasteiger partial charge on any atom is 0.220 e. The van der Waals surface area contributed by atoms with E-state index in [1.54, 1.807) is 0 Å². The van der Waals surface area contributed by atoms with Crippen LogP contribution in [0.1, 0.15) is 44.6 Å². The summed E-state index contributed by atoms with van der Waals surface area (Å²) < 4.78 is 0. The van der Waals surface area contributed by atoms with Crippen molar-refractivity contribution in [2.75, 3.05) is 26.2 Å². The number of rotatable bonds is 7. The maximum atomic E-state index is 12.4. The lowest BCUT2D eigenvalue weighted by molar-refractivity contribution is -0.122. The van der Waals surface area contributed by atoms with Gasteiger partial charge in [0.2, 0.25) is 5.91 Å². The minimum Gasteiger partial charge on any atom is -0.355 e. The third-order valence-electron chi connectivity index (χ3n) is 5.91. The molecule has 2 saturated heterocycles. The minimum atomic E-state index is 0.227. The average molecular weight is 344 g/mol. The number of carbonyl (C=O) groups excluding carboxylic acids is 1. The van der Waals surface area contributed by atoms with E-state index in [1.165, 1.54) is 31.2 Å². The van der Waals surface area contributed by atoms with Crippen LogP contribution in [0.2, 0.25) is 0 Å². The van der Waals surface area contributed by atoms with Crippen molar-refractivity contribution in [1.29, 1.82) is 0 Å². The smallest absolute Gasteiger partial charge is 0.220 e. The molecule has 2 N–H and O–H groups in total. The van der Waals surface area contributed by atoms with E-state index in [1.807, 2.05) is 0 Å². The average Bonchev–Trinajstić information content (AvgIpc) is 3.08. The van der Waals surface area contributed by atoms with Gasteiger partial charge in [-0.05, 0) is 62.7 Å². The van der Waals surface area contributed by atoms with Crippen LogP contribution in [-0.2, 0) is 11.3 Å². The van der Waals surface area contributed by atoms with Gasteiger partial charge in [-0.15, -0.1) is 0 Å². The molecule has 3 rings (SSSR count). The zero-order chi connectivity index (χ0) is 17.5. The van der Waals surface area contributed by atoms with Gasteiger partial charge in [-0.1, -0.05) is 37.3 Å². The third-order valence-corrected chi connectivity index (χ3v) is 5.91. The Hall–Kier alpha value is -1.39. The van der Waals surface area contributed by atoms with Gasteiger partial charge in [0.1, 0.15) is 0 Å². The molecule has 4 nitrogen and oxygen atoms in total. The van der Waals surface area contributed by atoms with Gasteiger partial charge < -0.3 is 10.6 Å². The van der Waals surface area contributed by atoms with Crippen LogP contribution in [0.15, 0.2) is 30.3 Å². The fourth-order valence-electron chi connectivity index (χ4n) is 4.28. The van der Waals surface area contributed by atoms with E-state index in [4.69, 9.17) is 0 Å². The first-order valence-corrected chi connectivity index (χ1v) is 9.98. The lowest BCUT2D eigenvalue weighted by Crippen LogP contribution is -2.41. The summed E-state index contributed by atoms with van der Waals surface area (Å²) >= 11 is 0. The van der Waals surface area contributed by atoms with Gasteiger partial charge in [-0.2, -0.15) is 0 Å². The van der Waals surface area contributed by atoms with Gasteiger partial charge in [-0.25, -0.2) is 0 Å². The number of carbonyl (C=O) groups is 1. The van der Waals surface area contributed by atoms with Gasteiger partial charge in [0.15, 0.2) is 0 Å². The van der Waals surface area contributed by atoms with E-state index in [0.29, 0.717) is 24.3 Å². The largest absolute Gasteiger partial charge is 0.355 e. The normalized spacial score (nSPS) is 25.6. The predicted octanol–water partition coefficient (Wildman–Crippen LogP) is 2.79. The second kappa shape index (κ2) is 9.35. The maximum absolute atomic E-state index is 12.4. The molecule has 1 aromatic rings. The highest BCUT2D eigenvalue weighted by molar-refractivity contribution is 5.76. The number of hydrogen-bond donors (Lipinski definition) is 2. The zero-order valence-electron chi connectivity index (χ0n) is 15.5. The van der Waals surface area contributed by atoms with Crippen molar-refractivity contribution >= 4 is 5.91 Å². The molecule has 25 heavy (non-hydrogen) atoms. The molecule has 2 aliphatic heterocycles. The van der Waals surface area contributed by atoms with Gasteiger partial charge in [0.25, 0.3) is 0 Å². The van der Waals surface area contributed by atoms with Crippen molar-refractivity contribution in [1.82, 2.24) is 15.5 Å². The van der Waals surface area contributed by atoms with Crippen LogP contribution >= 0.6 is 0 Å². The van der Waals surface area contributed by atoms with Crippen LogP contribution in [0, 0.1) is 11.8 Å².